The number of aromatic nitrogens is 2. The van der Waals surface area contributed by atoms with E-state index >= 15 is 0 Å². The van der Waals surface area contributed by atoms with Gasteiger partial charge in [-0.1, -0.05) is 24.6 Å². The van der Waals surface area contributed by atoms with E-state index in [1.807, 2.05) is 0 Å². The lowest BCUT2D eigenvalue weighted by Gasteiger charge is -2.14. The van der Waals surface area contributed by atoms with Crippen LogP contribution in [0.15, 0.2) is 18.2 Å². The first-order valence-corrected chi connectivity index (χ1v) is 8.48. The van der Waals surface area contributed by atoms with Crippen molar-refractivity contribution in [3.8, 4) is 0 Å². The number of rotatable bonds is 3. The lowest BCUT2D eigenvalue weighted by Crippen LogP contribution is -2.00. The molecule has 1 N–H and O–H groups in total. The van der Waals surface area contributed by atoms with Gasteiger partial charge in [-0.25, -0.2) is 4.98 Å². The van der Waals surface area contributed by atoms with E-state index in [-0.39, 0.29) is 5.28 Å². The van der Waals surface area contributed by atoms with Crippen molar-refractivity contribution in [2.24, 2.45) is 0 Å². The minimum absolute atomic E-state index is 0.280. The van der Waals surface area contributed by atoms with Gasteiger partial charge in [0.05, 0.1) is 5.39 Å². The van der Waals surface area contributed by atoms with Crippen molar-refractivity contribution in [1.82, 2.24) is 9.97 Å². The maximum atomic E-state index is 6.09. The van der Waals surface area contributed by atoms with Gasteiger partial charge in [-0.15, -0.1) is 11.3 Å². The minimum atomic E-state index is 0.280. The van der Waals surface area contributed by atoms with E-state index in [9.17, 15) is 0 Å². The van der Waals surface area contributed by atoms with Gasteiger partial charge in [0.15, 0.2) is 0 Å². The second kappa shape index (κ2) is 5.86. The molecule has 0 unspecified atom stereocenters. The molecule has 3 aromatic rings. The largest absolute Gasteiger partial charge is 0.339 e. The predicted octanol–water partition coefficient (Wildman–Crippen LogP) is 5.58. The molecule has 22 heavy (non-hydrogen) atoms. The molecule has 0 aliphatic rings. The molecule has 0 bridgehead atoms. The van der Waals surface area contributed by atoms with Crippen LogP contribution >= 0.6 is 22.9 Å². The Hall–Kier alpha value is -1.65. The molecule has 0 saturated heterocycles. The molecule has 0 fully saturated rings. The van der Waals surface area contributed by atoms with Crippen LogP contribution < -0.4 is 5.32 Å². The van der Waals surface area contributed by atoms with Crippen molar-refractivity contribution in [1.29, 1.82) is 0 Å². The van der Waals surface area contributed by atoms with Crippen LogP contribution in [0, 0.1) is 20.8 Å². The third-order valence-corrected chi connectivity index (χ3v) is 5.03. The van der Waals surface area contributed by atoms with Crippen LogP contribution in [0.2, 0.25) is 5.28 Å². The normalized spacial score (nSPS) is 11.1. The maximum absolute atomic E-state index is 6.09. The zero-order valence-electron chi connectivity index (χ0n) is 13.1. The molecule has 3 rings (SSSR count). The van der Waals surface area contributed by atoms with Crippen LogP contribution in [0.1, 0.15) is 28.5 Å². The summed E-state index contributed by atoms with van der Waals surface area (Å²) in [5.41, 5.74) is 4.75. The molecule has 0 spiro atoms. The van der Waals surface area contributed by atoms with Crippen molar-refractivity contribution >= 4 is 44.7 Å². The Morgan fingerprint density at radius 1 is 1.09 bits per heavy atom. The van der Waals surface area contributed by atoms with E-state index in [1.165, 1.54) is 21.6 Å². The van der Waals surface area contributed by atoms with Crippen LogP contribution in [0.3, 0.4) is 0 Å². The number of nitrogens with zero attached hydrogens (tertiary/aromatic N) is 2. The van der Waals surface area contributed by atoms with Crippen molar-refractivity contribution in [3.05, 3.63) is 45.1 Å². The number of aryl methyl sites for hydroxylation is 4. The van der Waals surface area contributed by atoms with Gasteiger partial charge in [-0.05, 0) is 56.0 Å². The third-order valence-electron chi connectivity index (χ3n) is 3.69. The first-order chi connectivity index (χ1) is 10.5. The molecule has 0 amide bonds. The molecule has 0 saturated carbocycles. The Morgan fingerprint density at radius 3 is 2.41 bits per heavy atom. The molecule has 114 valence electrons. The van der Waals surface area contributed by atoms with Gasteiger partial charge in [-0.2, -0.15) is 4.98 Å². The molecular formula is C17H18ClN3S. The van der Waals surface area contributed by atoms with Crippen molar-refractivity contribution < 1.29 is 0 Å². The van der Waals surface area contributed by atoms with Gasteiger partial charge in [0.1, 0.15) is 10.6 Å². The first-order valence-electron chi connectivity index (χ1n) is 7.28. The average Bonchev–Trinajstić information content (AvgIpc) is 2.85. The zero-order valence-corrected chi connectivity index (χ0v) is 14.7. The summed E-state index contributed by atoms with van der Waals surface area (Å²) in [6, 6.07) is 6.48. The minimum Gasteiger partial charge on any atom is -0.339 e. The Balaban J connectivity index is 2.13. The van der Waals surface area contributed by atoms with Gasteiger partial charge in [0, 0.05) is 10.6 Å². The highest BCUT2D eigenvalue weighted by Crippen LogP contribution is 2.33. The lowest BCUT2D eigenvalue weighted by molar-refractivity contribution is 1.19. The molecule has 0 aliphatic heterocycles. The standard InChI is InChI=1S/C17H18ClN3S/c1-5-12-8-13-15(20-17(18)21-16(13)22-12)19-14-10(3)6-9(2)7-11(14)4/h6-8H,5H2,1-4H3,(H,19,20,21). The summed E-state index contributed by atoms with van der Waals surface area (Å²) < 4.78 is 0. The first kappa shape index (κ1) is 15.3. The van der Waals surface area contributed by atoms with Gasteiger partial charge in [0.25, 0.3) is 0 Å². The Morgan fingerprint density at radius 2 is 1.77 bits per heavy atom. The SMILES string of the molecule is CCc1cc2c(Nc3c(C)cc(C)cc3C)nc(Cl)nc2s1. The third kappa shape index (κ3) is 2.81. The number of anilines is 2. The van der Waals surface area contributed by atoms with E-state index in [1.54, 1.807) is 11.3 Å². The smallest absolute Gasteiger partial charge is 0.225 e. The highest BCUT2D eigenvalue weighted by atomic mass is 35.5. The summed E-state index contributed by atoms with van der Waals surface area (Å²) >= 11 is 7.76. The highest BCUT2D eigenvalue weighted by molar-refractivity contribution is 7.18. The quantitative estimate of drug-likeness (QED) is 0.637. The summed E-state index contributed by atoms with van der Waals surface area (Å²) in [4.78, 5) is 11.0. The fourth-order valence-corrected chi connectivity index (χ4v) is 3.90. The Bertz CT molecular complexity index is 831. The van der Waals surface area contributed by atoms with Crippen molar-refractivity contribution in [2.75, 3.05) is 5.32 Å². The molecule has 1 aromatic carbocycles. The van der Waals surface area contributed by atoms with Crippen LogP contribution in [0.5, 0.6) is 0 Å². The van der Waals surface area contributed by atoms with E-state index in [4.69, 9.17) is 11.6 Å². The summed E-state index contributed by atoms with van der Waals surface area (Å²) in [6.45, 7) is 8.46. The Kier molecular flexibility index (Phi) is 4.06. The van der Waals surface area contributed by atoms with E-state index in [2.05, 4.69) is 61.2 Å². The van der Waals surface area contributed by atoms with E-state index in [0.29, 0.717) is 0 Å². The van der Waals surface area contributed by atoms with E-state index < -0.39 is 0 Å². The number of thiophene rings is 1. The molecule has 3 nitrogen and oxygen atoms in total. The fraction of sp³-hybridized carbons (Fsp3) is 0.294. The summed E-state index contributed by atoms with van der Waals surface area (Å²) in [7, 11) is 0. The van der Waals surface area contributed by atoms with Gasteiger partial charge < -0.3 is 5.32 Å². The molecule has 0 aliphatic carbocycles. The summed E-state index contributed by atoms with van der Waals surface area (Å²) in [5, 5.41) is 4.77. The molecule has 5 heteroatoms. The number of hydrogen-bond acceptors (Lipinski definition) is 4. The van der Waals surface area contributed by atoms with Crippen LogP contribution in [-0.4, -0.2) is 9.97 Å². The second-order valence-corrected chi connectivity index (χ2v) is 6.98. The zero-order chi connectivity index (χ0) is 15.9. The number of benzene rings is 1. The molecule has 0 atom stereocenters. The lowest BCUT2D eigenvalue weighted by atomic mass is 10.1. The van der Waals surface area contributed by atoms with Crippen LogP contribution in [-0.2, 0) is 6.42 Å². The summed E-state index contributed by atoms with van der Waals surface area (Å²) in [5.74, 6) is 0.779. The number of nitrogens with one attached hydrogen (secondary N) is 1. The molecule has 2 heterocycles. The summed E-state index contributed by atoms with van der Waals surface area (Å²) in [6.07, 6.45) is 0.987. The maximum Gasteiger partial charge on any atom is 0.225 e. The second-order valence-electron chi connectivity index (χ2n) is 5.53. The van der Waals surface area contributed by atoms with Crippen molar-refractivity contribution in [2.45, 2.75) is 34.1 Å². The molecule has 0 radical (unpaired) electrons. The number of hydrogen-bond donors (Lipinski definition) is 1. The van der Waals surface area contributed by atoms with E-state index in [0.717, 1.165) is 28.1 Å². The Labute approximate surface area is 139 Å². The highest BCUT2D eigenvalue weighted by Gasteiger charge is 2.13. The van der Waals surface area contributed by atoms with Gasteiger partial charge in [-0.3, -0.25) is 0 Å². The number of halogens is 1. The van der Waals surface area contributed by atoms with Crippen molar-refractivity contribution in [3.63, 3.8) is 0 Å². The monoisotopic (exact) mass is 331 g/mol. The molecular weight excluding hydrogens is 314 g/mol. The van der Waals surface area contributed by atoms with Crippen LogP contribution in [0.4, 0.5) is 11.5 Å². The number of fused-ring (bicyclic) bond motifs is 1. The van der Waals surface area contributed by atoms with Gasteiger partial charge in [0.2, 0.25) is 5.28 Å². The van der Waals surface area contributed by atoms with Crippen LogP contribution in [0.25, 0.3) is 10.2 Å². The van der Waals surface area contributed by atoms with Gasteiger partial charge >= 0.3 is 0 Å². The fourth-order valence-electron chi connectivity index (χ4n) is 2.71. The predicted molar refractivity (Wildman–Crippen MR) is 95.7 cm³/mol. The topological polar surface area (TPSA) is 37.8 Å². The average molecular weight is 332 g/mol. The molecule has 2 aromatic heterocycles.